The van der Waals surface area contributed by atoms with E-state index in [1.807, 2.05) is 19.1 Å². The topological polar surface area (TPSA) is 18.5 Å². The zero-order chi connectivity index (χ0) is 9.52. The minimum absolute atomic E-state index is 0.335. The van der Waals surface area contributed by atoms with Gasteiger partial charge in [-0.15, -0.1) is 0 Å². The van der Waals surface area contributed by atoms with E-state index in [1.54, 1.807) is 0 Å². The van der Waals surface area contributed by atoms with E-state index in [0.717, 1.165) is 12.2 Å². The van der Waals surface area contributed by atoms with E-state index in [9.17, 15) is 0 Å². The van der Waals surface area contributed by atoms with Crippen molar-refractivity contribution in [2.45, 2.75) is 20.3 Å². The third-order valence-corrected chi connectivity index (χ3v) is 1.84. The SMILES string of the molecule is CCOCOc1ccc(CC)cc1. The van der Waals surface area contributed by atoms with Gasteiger partial charge in [0, 0.05) is 6.61 Å². The first-order valence-electron chi connectivity index (χ1n) is 4.66. The van der Waals surface area contributed by atoms with Crippen LogP contribution in [0.5, 0.6) is 5.75 Å². The molecule has 1 rings (SSSR count). The Labute approximate surface area is 79.5 Å². The van der Waals surface area contributed by atoms with Crippen molar-refractivity contribution in [2.75, 3.05) is 13.4 Å². The van der Waals surface area contributed by atoms with Crippen LogP contribution < -0.4 is 4.74 Å². The number of benzene rings is 1. The van der Waals surface area contributed by atoms with Crippen molar-refractivity contribution < 1.29 is 9.47 Å². The Bertz CT molecular complexity index is 228. The molecular weight excluding hydrogens is 164 g/mol. The van der Waals surface area contributed by atoms with E-state index in [1.165, 1.54) is 5.56 Å². The van der Waals surface area contributed by atoms with Crippen molar-refractivity contribution in [2.24, 2.45) is 0 Å². The second kappa shape index (κ2) is 5.60. The van der Waals surface area contributed by atoms with Gasteiger partial charge in [0.2, 0.25) is 0 Å². The lowest BCUT2D eigenvalue weighted by atomic mass is 10.2. The molecule has 1 aromatic rings. The molecule has 0 atom stereocenters. The molecule has 0 unspecified atom stereocenters. The maximum Gasteiger partial charge on any atom is 0.189 e. The van der Waals surface area contributed by atoms with Crippen LogP contribution in [0.4, 0.5) is 0 Å². The average molecular weight is 180 g/mol. The third-order valence-electron chi connectivity index (χ3n) is 1.84. The number of hydrogen-bond acceptors (Lipinski definition) is 2. The maximum absolute atomic E-state index is 5.32. The fourth-order valence-electron chi connectivity index (χ4n) is 1.01. The third kappa shape index (κ3) is 3.47. The van der Waals surface area contributed by atoms with Gasteiger partial charge in [0.25, 0.3) is 0 Å². The summed E-state index contributed by atoms with van der Waals surface area (Å²) in [6, 6.07) is 8.08. The van der Waals surface area contributed by atoms with Crippen LogP contribution in [-0.4, -0.2) is 13.4 Å². The Morgan fingerprint density at radius 1 is 1.08 bits per heavy atom. The highest BCUT2D eigenvalue weighted by Gasteiger charge is 1.92. The van der Waals surface area contributed by atoms with E-state index in [2.05, 4.69) is 19.1 Å². The summed E-state index contributed by atoms with van der Waals surface area (Å²) in [6.07, 6.45) is 1.06. The molecule has 0 saturated carbocycles. The summed E-state index contributed by atoms with van der Waals surface area (Å²) in [5, 5.41) is 0. The lowest BCUT2D eigenvalue weighted by molar-refractivity contribution is 0.0224. The second-order valence-corrected chi connectivity index (χ2v) is 2.75. The standard InChI is InChI=1S/C11H16O2/c1-3-10-5-7-11(8-6-10)13-9-12-4-2/h5-8H,3-4,9H2,1-2H3. The van der Waals surface area contributed by atoms with Crippen LogP contribution >= 0.6 is 0 Å². The van der Waals surface area contributed by atoms with E-state index in [0.29, 0.717) is 13.4 Å². The van der Waals surface area contributed by atoms with Gasteiger partial charge in [0.05, 0.1) is 0 Å². The Hall–Kier alpha value is -1.02. The molecule has 0 aliphatic heterocycles. The lowest BCUT2D eigenvalue weighted by Crippen LogP contribution is -2.01. The first-order valence-corrected chi connectivity index (χ1v) is 4.66. The molecule has 2 heteroatoms. The molecule has 0 radical (unpaired) electrons. The smallest absolute Gasteiger partial charge is 0.189 e. The number of ether oxygens (including phenoxy) is 2. The van der Waals surface area contributed by atoms with Gasteiger partial charge in [0.15, 0.2) is 6.79 Å². The quantitative estimate of drug-likeness (QED) is 0.512. The summed E-state index contributed by atoms with van der Waals surface area (Å²) in [5.74, 6) is 0.866. The summed E-state index contributed by atoms with van der Waals surface area (Å²) in [6.45, 7) is 5.11. The largest absolute Gasteiger partial charge is 0.468 e. The van der Waals surface area contributed by atoms with Gasteiger partial charge in [-0.3, -0.25) is 0 Å². The molecule has 0 fully saturated rings. The van der Waals surface area contributed by atoms with Crippen molar-refractivity contribution in [3.8, 4) is 5.75 Å². The van der Waals surface area contributed by atoms with Crippen LogP contribution in [0.1, 0.15) is 19.4 Å². The molecule has 0 N–H and O–H groups in total. The fourth-order valence-corrected chi connectivity index (χ4v) is 1.01. The Morgan fingerprint density at radius 2 is 1.77 bits per heavy atom. The Balaban J connectivity index is 2.40. The monoisotopic (exact) mass is 180 g/mol. The van der Waals surface area contributed by atoms with E-state index in [-0.39, 0.29) is 0 Å². The molecule has 0 spiro atoms. The molecule has 0 aromatic heterocycles. The zero-order valence-corrected chi connectivity index (χ0v) is 8.25. The van der Waals surface area contributed by atoms with Crippen molar-refractivity contribution >= 4 is 0 Å². The number of hydrogen-bond donors (Lipinski definition) is 0. The molecular formula is C11H16O2. The van der Waals surface area contributed by atoms with Gasteiger partial charge < -0.3 is 9.47 Å². The molecule has 0 saturated heterocycles. The van der Waals surface area contributed by atoms with Gasteiger partial charge in [0.1, 0.15) is 5.75 Å². The second-order valence-electron chi connectivity index (χ2n) is 2.75. The summed E-state index contributed by atoms with van der Waals surface area (Å²) in [5.41, 5.74) is 1.32. The molecule has 0 aliphatic carbocycles. The number of aryl methyl sites for hydroxylation is 1. The van der Waals surface area contributed by atoms with Crippen LogP contribution in [0.2, 0.25) is 0 Å². The van der Waals surface area contributed by atoms with Gasteiger partial charge in [-0.05, 0) is 31.0 Å². The van der Waals surface area contributed by atoms with E-state index in [4.69, 9.17) is 9.47 Å². The van der Waals surface area contributed by atoms with Gasteiger partial charge in [-0.25, -0.2) is 0 Å². The fraction of sp³-hybridized carbons (Fsp3) is 0.455. The van der Waals surface area contributed by atoms with Crippen LogP contribution in [0.15, 0.2) is 24.3 Å². The van der Waals surface area contributed by atoms with Crippen molar-refractivity contribution in [3.05, 3.63) is 29.8 Å². The van der Waals surface area contributed by atoms with Crippen molar-refractivity contribution in [3.63, 3.8) is 0 Å². The van der Waals surface area contributed by atoms with E-state index >= 15 is 0 Å². The molecule has 0 aliphatic rings. The first-order chi connectivity index (χ1) is 6.36. The van der Waals surface area contributed by atoms with Gasteiger partial charge in [-0.1, -0.05) is 19.1 Å². The summed E-state index contributed by atoms with van der Waals surface area (Å²) in [4.78, 5) is 0. The molecule has 13 heavy (non-hydrogen) atoms. The highest BCUT2D eigenvalue weighted by molar-refractivity contribution is 5.26. The van der Waals surface area contributed by atoms with Crippen LogP contribution in [-0.2, 0) is 11.2 Å². The molecule has 1 aromatic carbocycles. The molecule has 0 bridgehead atoms. The summed E-state index contributed by atoms with van der Waals surface area (Å²) in [7, 11) is 0. The van der Waals surface area contributed by atoms with Crippen LogP contribution in [0, 0.1) is 0 Å². The van der Waals surface area contributed by atoms with Crippen LogP contribution in [0.3, 0.4) is 0 Å². The predicted molar refractivity (Wildman–Crippen MR) is 52.9 cm³/mol. The highest BCUT2D eigenvalue weighted by atomic mass is 16.7. The minimum atomic E-state index is 0.335. The van der Waals surface area contributed by atoms with Gasteiger partial charge in [-0.2, -0.15) is 0 Å². The van der Waals surface area contributed by atoms with Crippen molar-refractivity contribution in [1.82, 2.24) is 0 Å². The molecule has 72 valence electrons. The van der Waals surface area contributed by atoms with Gasteiger partial charge >= 0.3 is 0 Å². The number of rotatable bonds is 5. The zero-order valence-electron chi connectivity index (χ0n) is 8.25. The summed E-state index contributed by atoms with van der Waals surface area (Å²) >= 11 is 0. The van der Waals surface area contributed by atoms with E-state index < -0.39 is 0 Å². The Morgan fingerprint density at radius 3 is 2.31 bits per heavy atom. The summed E-state index contributed by atoms with van der Waals surface area (Å²) < 4.78 is 10.4. The highest BCUT2D eigenvalue weighted by Crippen LogP contribution is 2.12. The Kier molecular flexibility index (Phi) is 4.33. The molecule has 0 heterocycles. The normalized spacial score (nSPS) is 10.0. The molecule has 2 nitrogen and oxygen atoms in total. The minimum Gasteiger partial charge on any atom is -0.468 e. The lowest BCUT2D eigenvalue weighted by Gasteiger charge is -2.05. The van der Waals surface area contributed by atoms with Crippen molar-refractivity contribution in [1.29, 1.82) is 0 Å². The first kappa shape index (κ1) is 10.1. The average Bonchev–Trinajstić information content (AvgIpc) is 2.19. The maximum atomic E-state index is 5.32. The predicted octanol–water partition coefficient (Wildman–Crippen LogP) is 2.62. The van der Waals surface area contributed by atoms with Crippen LogP contribution in [0.25, 0.3) is 0 Å². The molecule has 0 amide bonds.